The first-order valence-electron chi connectivity index (χ1n) is 4.93. The van der Waals surface area contributed by atoms with E-state index >= 15 is 0 Å². The van der Waals surface area contributed by atoms with Gasteiger partial charge in [-0.3, -0.25) is 9.78 Å². The van der Waals surface area contributed by atoms with Crippen LogP contribution >= 0.6 is 0 Å². The van der Waals surface area contributed by atoms with Gasteiger partial charge in [0.25, 0.3) is 11.4 Å². The molecule has 17 heavy (non-hydrogen) atoms. The molecule has 0 aromatic carbocycles. The van der Waals surface area contributed by atoms with Crippen molar-refractivity contribution in [1.82, 2.24) is 15.0 Å². The first-order chi connectivity index (χ1) is 8.20. The summed E-state index contributed by atoms with van der Waals surface area (Å²) in [5, 5.41) is 0. The van der Waals surface area contributed by atoms with Crippen LogP contribution in [0.25, 0.3) is 0 Å². The Labute approximate surface area is 97.3 Å². The molecule has 2 aromatic heterocycles. The van der Waals surface area contributed by atoms with Crippen molar-refractivity contribution < 1.29 is 9.47 Å². The van der Waals surface area contributed by atoms with Crippen molar-refractivity contribution in [3.63, 3.8) is 0 Å². The topological polar surface area (TPSA) is 77.1 Å². The fraction of sp³-hybridized carbons (Fsp3) is 0.182. The van der Waals surface area contributed by atoms with Gasteiger partial charge in [-0.05, 0) is 19.1 Å². The summed E-state index contributed by atoms with van der Waals surface area (Å²) in [6, 6.07) is 3.54. The second kappa shape index (κ2) is 4.65. The van der Waals surface area contributed by atoms with E-state index in [1.165, 1.54) is 13.4 Å². The summed E-state index contributed by atoms with van der Waals surface area (Å²) < 4.78 is 10.3. The van der Waals surface area contributed by atoms with Gasteiger partial charge in [-0.15, -0.1) is 0 Å². The molecule has 0 amide bonds. The summed E-state index contributed by atoms with van der Waals surface area (Å²) in [6.07, 6.45) is 2.81. The van der Waals surface area contributed by atoms with Gasteiger partial charge < -0.3 is 14.5 Å². The third-order valence-corrected chi connectivity index (χ3v) is 2.08. The minimum Gasteiger partial charge on any atom is -0.487 e. The first kappa shape index (κ1) is 11.1. The van der Waals surface area contributed by atoms with Gasteiger partial charge >= 0.3 is 0 Å². The molecule has 88 valence electrons. The highest BCUT2D eigenvalue weighted by Gasteiger charge is 2.11. The Kier molecular flexibility index (Phi) is 3.04. The van der Waals surface area contributed by atoms with E-state index in [0.717, 1.165) is 5.69 Å². The van der Waals surface area contributed by atoms with E-state index in [1.807, 2.05) is 6.92 Å². The molecule has 0 aliphatic rings. The SMILES string of the molecule is COc1c(Oc2ccc(C)nc2)nc[nH]c1=O. The van der Waals surface area contributed by atoms with E-state index in [4.69, 9.17) is 9.47 Å². The maximum absolute atomic E-state index is 11.4. The average molecular weight is 233 g/mol. The molecule has 6 heteroatoms. The Balaban J connectivity index is 2.33. The lowest BCUT2D eigenvalue weighted by Crippen LogP contribution is -2.10. The quantitative estimate of drug-likeness (QED) is 0.863. The Morgan fingerprint density at radius 3 is 2.76 bits per heavy atom. The van der Waals surface area contributed by atoms with Crippen molar-refractivity contribution >= 4 is 0 Å². The highest BCUT2D eigenvalue weighted by Crippen LogP contribution is 2.24. The first-order valence-corrected chi connectivity index (χ1v) is 4.93. The molecule has 0 saturated heterocycles. The van der Waals surface area contributed by atoms with Crippen LogP contribution in [0.3, 0.4) is 0 Å². The molecule has 2 heterocycles. The fourth-order valence-corrected chi connectivity index (χ4v) is 1.25. The monoisotopic (exact) mass is 233 g/mol. The zero-order valence-electron chi connectivity index (χ0n) is 9.43. The fourth-order valence-electron chi connectivity index (χ4n) is 1.25. The van der Waals surface area contributed by atoms with Gasteiger partial charge in [0.1, 0.15) is 5.75 Å². The average Bonchev–Trinajstić information content (AvgIpc) is 2.32. The molecule has 0 saturated carbocycles. The number of hydrogen-bond acceptors (Lipinski definition) is 5. The summed E-state index contributed by atoms with van der Waals surface area (Å²) in [7, 11) is 1.38. The Bertz CT molecular complexity index is 563. The van der Waals surface area contributed by atoms with Crippen LogP contribution in [0, 0.1) is 6.92 Å². The number of nitrogens with zero attached hydrogens (tertiary/aromatic N) is 2. The number of aryl methyl sites for hydroxylation is 1. The largest absolute Gasteiger partial charge is 0.487 e. The second-order valence-electron chi connectivity index (χ2n) is 3.31. The van der Waals surface area contributed by atoms with E-state index in [-0.39, 0.29) is 11.6 Å². The number of methoxy groups -OCH3 is 1. The highest BCUT2D eigenvalue weighted by atomic mass is 16.5. The molecule has 0 fully saturated rings. The molecule has 0 unspecified atom stereocenters. The van der Waals surface area contributed by atoms with Crippen LogP contribution in [0.2, 0.25) is 0 Å². The van der Waals surface area contributed by atoms with Gasteiger partial charge in [0.2, 0.25) is 5.75 Å². The number of H-pyrrole nitrogens is 1. The molecular weight excluding hydrogens is 222 g/mol. The molecule has 0 atom stereocenters. The second-order valence-corrected chi connectivity index (χ2v) is 3.31. The molecule has 0 radical (unpaired) electrons. The van der Waals surface area contributed by atoms with E-state index in [0.29, 0.717) is 5.75 Å². The zero-order valence-corrected chi connectivity index (χ0v) is 9.43. The smallest absolute Gasteiger partial charge is 0.297 e. The minimum absolute atomic E-state index is 0.0353. The van der Waals surface area contributed by atoms with Crippen LogP contribution < -0.4 is 15.0 Å². The predicted molar refractivity (Wildman–Crippen MR) is 60.5 cm³/mol. The summed E-state index contributed by atoms with van der Waals surface area (Å²) in [5.41, 5.74) is 0.487. The van der Waals surface area contributed by atoms with Crippen LogP contribution in [0.1, 0.15) is 5.69 Å². The highest BCUT2D eigenvalue weighted by molar-refractivity contribution is 5.34. The summed E-state index contributed by atoms with van der Waals surface area (Å²) >= 11 is 0. The lowest BCUT2D eigenvalue weighted by atomic mass is 10.4. The molecule has 0 spiro atoms. The molecule has 1 N–H and O–H groups in total. The number of aromatic nitrogens is 3. The van der Waals surface area contributed by atoms with E-state index in [2.05, 4.69) is 15.0 Å². The van der Waals surface area contributed by atoms with Crippen LogP contribution in [-0.4, -0.2) is 22.1 Å². The lowest BCUT2D eigenvalue weighted by Gasteiger charge is -2.07. The number of ether oxygens (including phenoxy) is 2. The maximum atomic E-state index is 11.4. The van der Waals surface area contributed by atoms with E-state index < -0.39 is 5.56 Å². The molecule has 0 aliphatic heterocycles. The molecule has 2 aromatic rings. The molecule has 0 bridgehead atoms. The van der Waals surface area contributed by atoms with Crippen LogP contribution in [0.4, 0.5) is 0 Å². The molecular formula is C11H11N3O3. The van der Waals surface area contributed by atoms with E-state index in [9.17, 15) is 4.79 Å². The number of rotatable bonds is 3. The predicted octanol–water partition coefficient (Wildman–Crippen LogP) is 1.27. The van der Waals surface area contributed by atoms with Crippen molar-refractivity contribution in [2.24, 2.45) is 0 Å². The zero-order chi connectivity index (χ0) is 12.3. The molecule has 0 aliphatic carbocycles. The number of hydrogen-bond donors (Lipinski definition) is 1. The van der Waals surface area contributed by atoms with Crippen molar-refractivity contribution in [2.75, 3.05) is 7.11 Å². The third-order valence-electron chi connectivity index (χ3n) is 2.08. The van der Waals surface area contributed by atoms with Crippen molar-refractivity contribution in [1.29, 1.82) is 0 Å². The number of pyridine rings is 1. The van der Waals surface area contributed by atoms with Gasteiger partial charge in [-0.1, -0.05) is 0 Å². The summed E-state index contributed by atoms with van der Waals surface area (Å²) in [6.45, 7) is 1.87. The van der Waals surface area contributed by atoms with E-state index in [1.54, 1.807) is 18.3 Å². The summed E-state index contributed by atoms with van der Waals surface area (Å²) in [4.78, 5) is 21.8. The van der Waals surface area contributed by atoms with Crippen LogP contribution in [0.5, 0.6) is 17.4 Å². The Hall–Kier alpha value is -2.37. The van der Waals surface area contributed by atoms with Gasteiger partial charge in [0.15, 0.2) is 0 Å². The third kappa shape index (κ3) is 2.41. The maximum Gasteiger partial charge on any atom is 0.297 e. The van der Waals surface area contributed by atoms with Gasteiger partial charge in [0.05, 0.1) is 19.6 Å². The normalized spacial score (nSPS) is 10.0. The lowest BCUT2D eigenvalue weighted by molar-refractivity contribution is 0.362. The Morgan fingerprint density at radius 2 is 2.12 bits per heavy atom. The van der Waals surface area contributed by atoms with Crippen molar-refractivity contribution in [3.8, 4) is 17.4 Å². The van der Waals surface area contributed by atoms with Crippen molar-refractivity contribution in [2.45, 2.75) is 6.92 Å². The van der Waals surface area contributed by atoms with Gasteiger partial charge in [-0.2, -0.15) is 0 Å². The van der Waals surface area contributed by atoms with Gasteiger partial charge in [-0.25, -0.2) is 4.98 Å². The number of aromatic amines is 1. The standard InChI is InChI=1S/C11H11N3O3/c1-7-3-4-8(5-12-7)17-11-9(16-2)10(15)13-6-14-11/h3-6H,1-2H3,(H,13,14,15). The van der Waals surface area contributed by atoms with Gasteiger partial charge in [0, 0.05) is 5.69 Å². The summed E-state index contributed by atoms with van der Waals surface area (Å²) in [5.74, 6) is 0.641. The van der Waals surface area contributed by atoms with Crippen molar-refractivity contribution in [3.05, 3.63) is 40.7 Å². The minimum atomic E-state index is -0.391. The molecule has 2 rings (SSSR count). The van der Waals surface area contributed by atoms with Crippen LogP contribution in [0.15, 0.2) is 29.5 Å². The number of nitrogens with one attached hydrogen (secondary N) is 1. The van der Waals surface area contributed by atoms with Crippen LogP contribution in [-0.2, 0) is 0 Å². The molecule has 6 nitrogen and oxygen atoms in total. The Morgan fingerprint density at radius 1 is 1.29 bits per heavy atom.